The first-order valence-corrected chi connectivity index (χ1v) is 8.08. The molecule has 0 aromatic rings. The Hall–Kier alpha value is -0.0800. The maximum Gasteiger partial charge on any atom is 0.191 e. The number of rotatable bonds is 8. The third-order valence-electron chi connectivity index (χ3n) is 4.05. The standard InChI is InChI=1S/C15H30N4O.HI/c1-3-16-15(17-8-4-10-20-2)18-11-13-7-9-19(12-13)14-5-6-14;/h13-14H,3-12H2,1-2H3,(H2,16,17,18);1H. The molecule has 2 rings (SSSR count). The van der Waals surface area contributed by atoms with E-state index in [0.29, 0.717) is 0 Å². The van der Waals surface area contributed by atoms with Crippen molar-refractivity contribution in [1.82, 2.24) is 15.5 Å². The number of ether oxygens (including phenoxy) is 1. The molecule has 1 heterocycles. The molecule has 0 radical (unpaired) electrons. The number of guanidine groups is 1. The molecule has 1 aliphatic carbocycles. The Balaban J connectivity index is 0.00000220. The number of methoxy groups -OCH3 is 1. The van der Waals surface area contributed by atoms with Crippen LogP contribution in [0, 0.1) is 5.92 Å². The Kier molecular flexibility index (Phi) is 9.59. The van der Waals surface area contributed by atoms with E-state index in [-0.39, 0.29) is 24.0 Å². The minimum absolute atomic E-state index is 0. The Morgan fingerprint density at radius 1 is 1.29 bits per heavy atom. The highest BCUT2D eigenvalue weighted by atomic mass is 127. The van der Waals surface area contributed by atoms with Crippen molar-refractivity contribution in [1.29, 1.82) is 0 Å². The first kappa shape index (κ1) is 19.0. The number of nitrogens with one attached hydrogen (secondary N) is 2. The second-order valence-corrected chi connectivity index (χ2v) is 5.87. The van der Waals surface area contributed by atoms with Gasteiger partial charge in [0.15, 0.2) is 5.96 Å². The molecule has 2 N–H and O–H groups in total. The van der Waals surface area contributed by atoms with Crippen molar-refractivity contribution in [3.63, 3.8) is 0 Å². The van der Waals surface area contributed by atoms with Crippen molar-refractivity contribution >= 4 is 29.9 Å². The Morgan fingerprint density at radius 3 is 2.76 bits per heavy atom. The molecule has 2 aliphatic rings. The van der Waals surface area contributed by atoms with Gasteiger partial charge in [-0.2, -0.15) is 0 Å². The molecule has 1 saturated carbocycles. The maximum atomic E-state index is 5.06. The van der Waals surface area contributed by atoms with Crippen LogP contribution in [0.1, 0.15) is 32.6 Å². The molecule has 21 heavy (non-hydrogen) atoms. The van der Waals surface area contributed by atoms with Crippen molar-refractivity contribution in [3.05, 3.63) is 0 Å². The van der Waals surface area contributed by atoms with E-state index in [1.165, 1.54) is 32.4 Å². The Bertz CT molecular complexity index is 310. The minimum atomic E-state index is 0. The highest BCUT2D eigenvalue weighted by Gasteiger charge is 2.34. The van der Waals surface area contributed by atoms with Crippen LogP contribution in [0.25, 0.3) is 0 Å². The molecule has 5 nitrogen and oxygen atoms in total. The molecular weight excluding hydrogens is 379 g/mol. The van der Waals surface area contributed by atoms with Crippen LogP contribution in [0.5, 0.6) is 0 Å². The summed E-state index contributed by atoms with van der Waals surface area (Å²) in [6.07, 6.45) is 5.16. The van der Waals surface area contributed by atoms with Gasteiger partial charge in [0.2, 0.25) is 0 Å². The topological polar surface area (TPSA) is 48.9 Å². The predicted octanol–water partition coefficient (Wildman–Crippen LogP) is 1.68. The summed E-state index contributed by atoms with van der Waals surface area (Å²) in [6.45, 7) is 8.21. The SMILES string of the molecule is CCNC(=NCC1CCN(C2CC2)C1)NCCCOC.I. The monoisotopic (exact) mass is 410 g/mol. The molecule has 124 valence electrons. The number of hydrogen-bond donors (Lipinski definition) is 2. The van der Waals surface area contributed by atoms with E-state index in [1.54, 1.807) is 7.11 Å². The first-order valence-electron chi connectivity index (χ1n) is 8.08. The number of aliphatic imine (C=N–C) groups is 1. The summed E-state index contributed by atoms with van der Waals surface area (Å²) in [5.41, 5.74) is 0. The van der Waals surface area contributed by atoms with Crippen molar-refractivity contribution < 1.29 is 4.74 Å². The first-order chi connectivity index (χ1) is 9.83. The van der Waals surface area contributed by atoms with Gasteiger partial charge >= 0.3 is 0 Å². The van der Waals surface area contributed by atoms with Crippen LogP contribution in [-0.4, -0.2) is 63.3 Å². The molecule has 1 atom stereocenters. The van der Waals surface area contributed by atoms with E-state index in [9.17, 15) is 0 Å². The molecule has 0 aromatic carbocycles. The van der Waals surface area contributed by atoms with E-state index >= 15 is 0 Å². The molecule has 0 amide bonds. The van der Waals surface area contributed by atoms with Crippen LogP contribution in [0.4, 0.5) is 0 Å². The lowest BCUT2D eigenvalue weighted by Gasteiger charge is -2.15. The van der Waals surface area contributed by atoms with E-state index in [1.807, 2.05) is 0 Å². The summed E-state index contributed by atoms with van der Waals surface area (Å²) in [4.78, 5) is 7.39. The maximum absolute atomic E-state index is 5.06. The van der Waals surface area contributed by atoms with Crippen LogP contribution in [0.15, 0.2) is 4.99 Å². The summed E-state index contributed by atoms with van der Waals surface area (Å²) < 4.78 is 5.06. The molecular formula is C15H31IN4O. The van der Waals surface area contributed by atoms with Crippen LogP contribution in [-0.2, 0) is 4.74 Å². The average molecular weight is 410 g/mol. The van der Waals surface area contributed by atoms with Gasteiger partial charge in [0, 0.05) is 45.9 Å². The van der Waals surface area contributed by atoms with Crippen molar-refractivity contribution in [2.24, 2.45) is 10.9 Å². The third kappa shape index (κ3) is 7.15. The van der Waals surface area contributed by atoms with E-state index in [0.717, 1.165) is 50.6 Å². The zero-order valence-electron chi connectivity index (χ0n) is 13.4. The molecule has 1 unspecified atom stereocenters. The Labute approximate surface area is 146 Å². The van der Waals surface area contributed by atoms with Gasteiger partial charge in [-0.1, -0.05) is 0 Å². The smallest absolute Gasteiger partial charge is 0.191 e. The van der Waals surface area contributed by atoms with Crippen molar-refractivity contribution in [2.75, 3.05) is 46.4 Å². The van der Waals surface area contributed by atoms with Crippen LogP contribution in [0.2, 0.25) is 0 Å². The summed E-state index contributed by atoms with van der Waals surface area (Å²) in [7, 11) is 1.74. The lowest BCUT2D eigenvalue weighted by atomic mass is 10.1. The lowest BCUT2D eigenvalue weighted by Crippen LogP contribution is -2.38. The van der Waals surface area contributed by atoms with Crippen LogP contribution < -0.4 is 10.6 Å². The zero-order chi connectivity index (χ0) is 14.2. The highest BCUT2D eigenvalue weighted by molar-refractivity contribution is 14.0. The average Bonchev–Trinajstić information content (AvgIpc) is 3.20. The number of nitrogens with zero attached hydrogens (tertiary/aromatic N) is 2. The van der Waals surface area contributed by atoms with Gasteiger partial charge in [-0.15, -0.1) is 24.0 Å². The molecule has 0 aromatic heterocycles. The van der Waals surface area contributed by atoms with E-state index in [2.05, 4.69) is 22.5 Å². The number of likely N-dealkylation sites (tertiary alicyclic amines) is 1. The van der Waals surface area contributed by atoms with Gasteiger partial charge in [-0.3, -0.25) is 4.99 Å². The van der Waals surface area contributed by atoms with Gasteiger partial charge in [0.05, 0.1) is 0 Å². The summed E-state index contributed by atoms with van der Waals surface area (Å²) in [5.74, 6) is 1.69. The quantitative estimate of drug-likeness (QED) is 0.277. The molecule has 1 aliphatic heterocycles. The van der Waals surface area contributed by atoms with Crippen LogP contribution in [0.3, 0.4) is 0 Å². The molecule has 1 saturated heterocycles. The summed E-state index contributed by atoms with van der Waals surface area (Å²) >= 11 is 0. The number of hydrogen-bond acceptors (Lipinski definition) is 3. The Morgan fingerprint density at radius 2 is 2.10 bits per heavy atom. The number of halogens is 1. The van der Waals surface area contributed by atoms with Gasteiger partial charge in [-0.05, 0) is 45.1 Å². The van der Waals surface area contributed by atoms with Gasteiger partial charge in [-0.25, -0.2) is 0 Å². The fourth-order valence-electron chi connectivity index (χ4n) is 2.77. The van der Waals surface area contributed by atoms with E-state index in [4.69, 9.17) is 9.73 Å². The fraction of sp³-hybridized carbons (Fsp3) is 0.933. The fourth-order valence-corrected chi connectivity index (χ4v) is 2.77. The van der Waals surface area contributed by atoms with Gasteiger partial charge in [0.25, 0.3) is 0 Å². The lowest BCUT2D eigenvalue weighted by molar-refractivity contribution is 0.195. The second kappa shape index (κ2) is 10.6. The molecule has 0 spiro atoms. The molecule has 2 fully saturated rings. The van der Waals surface area contributed by atoms with Crippen molar-refractivity contribution in [2.45, 2.75) is 38.6 Å². The van der Waals surface area contributed by atoms with Crippen LogP contribution >= 0.6 is 24.0 Å². The summed E-state index contributed by atoms with van der Waals surface area (Å²) in [5, 5.41) is 6.69. The predicted molar refractivity (Wildman–Crippen MR) is 98.6 cm³/mol. The minimum Gasteiger partial charge on any atom is -0.385 e. The molecule has 6 heteroatoms. The van der Waals surface area contributed by atoms with Gasteiger partial charge in [0.1, 0.15) is 0 Å². The second-order valence-electron chi connectivity index (χ2n) is 5.87. The summed E-state index contributed by atoms with van der Waals surface area (Å²) in [6, 6.07) is 0.907. The third-order valence-corrected chi connectivity index (χ3v) is 4.05. The molecule has 0 bridgehead atoms. The van der Waals surface area contributed by atoms with Gasteiger partial charge < -0.3 is 20.3 Å². The zero-order valence-corrected chi connectivity index (χ0v) is 15.8. The van der Waals surface area contributed by atoms with Crippen molar-refractivity contribution in [3.8, 4) is 0 Å². The highest BCUT2D eigenvalue weighted by Crippen LogP contribution is 2.31. The normalized spacial score (nSPS) is 23.0. The largest absolute Gasteiger partial charge is 0.385 e. The van der Waals surface area contributed by atoms with E-state index < -0.39 is 0 Å².